The van der Waals surface area contributed by atoms with Gasteiger partial charge in [0.1, 0.15) is 11.0 Å². The molecular formula is C40H64N2S. The highest BCUT2D eigenvalue weighted by Gasteiger charge is 2.49. The van der Waals surface area contributed by atoms with Crippen molar-refractivity contribution in [2.45, 2.75) is 143 Å². The first kappa shape index (κ1) is 35.7. The summed E-state index contributed by atoms with van der Waals surface area (Å²) in [6.45, 7) is 30.9. The van der Waals surface area contributed by atoms with Crippen LogP contribution in [0.2, 0.25) is 0 Å². The van der Waals surface area contributed by atoms with Crippen LogP contribution in [0.15, 0.2) is 60.3 Å². The van der Waals surface area contributed by atoms with Crippen LogP contribution in [-0.4, -0.2) is 22.0 Å². The van der Waals surface area contributed by atoms with Crippen molar-refractivity contribution in [1.82, 2.24) is 4.90 Å². The van der Waals surface area contributed by atoms with E-state index in [2.05, 4.69) is 109 Å². The summed E-state index contributed by atoms with van der Waals surface area (Å²) in [6, 6.07) is 9.19. The van der Waals surface area contributed by atoms with Gasteiger partial charge in [-0.15, -0.1) is 18.3 Å². The van der Waals surface area contributed by atoms with Gasteiger partial charge in [-0.2, -0.15) is 0 Å². The fourth-order valence-electron chi connectivity index (χ4n) is 7.08. The third-order valence-electron chi connectivity index (χ3n) is 9.67. The SMILES string of the molecule is C=C(C)CCC.C=C(C)c1ccc(C(SCC(C)(C)C)N2C(=C)C(CC3CCCCC3)=NC23CCC(C(C)C)CC3)cc1. The summed E-state index contributed by atoms with van der Waals surface area (Å²) in [6.07, 6.45) is 15.3. The van der Waals surface area contributed by atoms with E-state index in [4.69, 9.17) is 11.6 Å². The monoisotopic (exact) mass is 604 g/mol. The molecule has 4 rings (SSSR count). The number of thioether (sulfide) groups is 1. The van der Waals surface area contributed by atoms with Gasteiger partial charge in [-0.3, -0.25) is 4.99 Å². The van der Waals surface area contributed by atoms with Crippen LogP contribution in [0.25, 0.3) is 5.57 Å². The van der Waals surface area contributed by atoms with Gasteiger partial charge in [0.05, 0.1) is 11.4 Å². The largest absolute Gasteiger partial charge is 0.330 e. The molecule has 1 unspecified atom stereocenters. The Morgan fingerprint density at radius 1 is 1.00 bits per heavy atom. The fourth-order valence-corrected chi connectivity index (χ4v) is 8.56. The van der Waals surface area contributed by atoms with Crippen molar-refractivity contribution in [1.29, 1.82) is 0 Å². The topological polar surface area (TPSA) is 15.6 Å². The Labute approximate surface area is 271 Å². The Kier molecular flexibility index (Phi) is 13.3. The predicted molar refractivity (Wildman–Crippen MR) is 195 cm³/mol. The Morgan fingerprint density at radius 3 is 2.07 bits per heavy atom. The second kappa shape index (κ2) is 16.0. The van der Waals surface area contributed by atoms with Gasteiger partial charge in [0.2, 0.25) is 0 Å². The molecule has 2 saturated carbocycles. The molecule has 1 atom stereocenters. The van der Waals surface area contributed by atoms with Crippen LogP contribution in [0.1, 0.15) is 149 Å². The normalized spacial score (nSPS) is 23.7. The number of hydrogen-bond donors (Lipinski definition) is 0. The maximum Gasteiger partial charge on any atom is 0.133 e. The van der Waals surface area contributed by atoms with Crippen LogP contribution in [0.4, 0.5) is 0 Å². The number of nitrogens with zero attached hydrogens (tertiary/aromatic N) is 2. The van der Waals surface area contributed by atoms with E-state index in [1.54, 1.807) is 0 Å². The Morgan fingerprint density at radius 2 is 1.60 bits per heavy atom. The molecule has 1 aromatic carbocycles. The summed E-state index contributed by atoms with van der Waals surface area (Å²) < 4.78 is 0. The molecule has 0 amide bonds. The highest BCUT2D eigenvalue weighted by Crippen LogP contribution is 2.53. The van der Waals surface area contributed by atoms with Crippen molar-refractivity contribution in [3.05, 3.63) is 66.4 Å². The Balaban J connectivity index is 0.000000765. The van der Waals surface area contributed by atoms with Gasteiger partial charge in [-0.05, 0) is 86.7 Å². The molecule has 240 valence electrons. The van der Waals surface area contributed by atoms with E-state index in [-0.39, 0.29) is 16.5 Å². The maximum atomic E-state index is 5.68. The van der Waals surface area contributed by atoms with Crippen LogP contribution in [0.3, 0.4) is 0 Å². The lowest BCUT2D eigenvalue weighted by atomic mass is 9.76. The lowest BCUT2D eigenvalue weighted by Gasteiger charge is -2.47. The minimum Gasteiger partial charge on any atom is -0.330 e. The van der Waals surface area contributed by atoms with E-state index in [0.29, 0.717) is 0 Å². The zero-order valence-corrected chi connectivity index (χ0v) is 30.1. The number of allylic oxidation sites excluding steroid dienone is 3. The first-order valence-electron chi connectivity index (χ1n) is 17.4. The summed E-state index contributed by atoms with van der Waals surface area (Å²) in [5.41, 5.74) is 7.67. The number of rotatable bonds is 10. The van der Waals surface area contributed by atoms with Gasteiger partial charge < -0.3 is 4.90 Å². The zero-order valence-electron chi connectivity index (χ0n) is 29.2. The molecule has 0 saturated heterocycles. The molecule has 2 nitrogen and oxygen atoms in total. The first-order valence-corrected chi connectivity index (χ1v) is 18.4. The molecule has 3 heteroatoms. The molecule has 2 aliphatic carbocycles. The highest BCUT2D eigenvalue weighted by molar-refractivity contribution is 7.99. The summed E-state index contributed by atoms with van der Waals surface area (Å²) in [4.78, 5) is 8.38. The summed E-state index contributed by atoms with van der Waals surface area (Å²) in [5.74, 6) is 3.45. The van der Waals surface area contributed by atoms with E-state index in [9.17, 15) is 0 Å². The quantitative estimate of drug-likeness (QED) is 0.247. The van der Waals surface area contributed by atoms with Gasteiger partial charge in [-0.1, -0.05) is 129 Å². The lowest BCUT2D eigenvalue weighted by Crippen LogP contribution is -2.47. The molecule has 0 bridgehead atoms. The van der Waals surface area contributed by atoms with Crippen molar-refractivity contribution in [3.63, 3.8) is 0 Å². The lowest BCUT2D eigenvalue weighted by molar-refractivity contribution is 0.0699. The standard InChI is InChI=1S/C34H52N2S.C6H12/c1-24(2)28-14-16-30(17-15-28)32(37-23-33(6,7)8)36-26(5)31(22-27-12-10-9-11-13-27)35-34(36)20-18-29(19-21-34)25(3)4;1-4-5-6(2)3/h14-17,25,27,29,32H,1,5,9-13,18-23H2,2-4,6-8H3;2,4-5H2,1,3H3. The second-order valence-corrected chi connectivity index (χ2v) is 16.5. The van der Waals surface area contributed by atoms with E-state index >= 15 is 0 Å². The van der Waals surface area contributed by atoms with Crippen molar-refractivity contribution >= 4 is 23.0 Å². The third-order valence-corrected chi connectivity index (χ3v) is 11.5. The Bertz CT molecular complexity index is 1090. The summed E-state index contributed by atoms with van der Waals surface area (Å²) in [7, 11) is 0. The average Bonchev–Trinajstić information content (AvgIpc) is 3.19. The van der Waals surface area contributed by atoms with Crippen molar-refractivity contribution in [2.75, 3.05) is 5.75 Å². The summed E-state index contributed by atoms with van der Waals surface area (Å²) >= 11 is 2.09. The van der Waals surface area contributed by atoms with Crippen LogP contribution < -0.4 is 0 Å². The number of aliphatic imine (C=N–C) groups is 1. The van der Waals surface area contributed by atoms with Gasteiger partial charge in [0.15, 0.2) is 0 Å². The van der Waals surface area contributed by atoms with Crippen molar-refractivity contribution < 1.29 is 0 Å². The van der Waals surface area contributed by atoms with Crippen LogP contribution in [0, 0.1) is 23.2 Å². The maximum absolute atomic E-state index is 5.68. The fraction of sp³-hybridized carbons (Fsp3) is 0.675. The van der Waals surface area contributed by atoms with Gasteiger partial charge >= 0.3 is 0 Å². The van der Waals surface area contributed by atoms with Gasteiger partial charge in [0.25, 0.3) is 0 Å². The average molecular weight is 605 g/mol. The molecule has 2 fully saturated rings. The van der Waals surface area contributed by atoms with E-state index in [1.165, 1.54) is 85.9 Å². The highest BCUT2D eigenvalue weighted by atomic mass is 32.2. The van der Waals surface area contributed by atoms with Crippen LogP contribution in [0.5, 0.6) is 0 Å². The molecular weight excluding hydrogens is 541 g/mol. The molecule has 0 aromatic heterocycles. The van der Waals surface area contributed by atoms with Gasteiger partial charge in [0, 0.05) is 5.75 Å². The smallest absolute Gasteiger partial charge is 0.133 e. The number of benzene rings is 1. The number of hydrogen-bond acceptors (Lipinski definition) is 3. The molecule has 43 heavy (non-hydrogen) atoms. The molecule has 0 radical (unpaired) electrons. The van der Waals surface area contributed by atoms with E-state index in [0.717, 1.165) is 48.3 Å². The van der Waals surface area contributed by atoms with Gasteiger partial charge in [-0.25, -0.2) is 0 Å². The van der Waals surface area contributed by atoms with Crippen molar-refractivity contribution in [3.8, 4) is 0 Å². The molecule has 1 aliphatic heterocycles. The third kappa shape index (κ3) is 10.1. The molecule has 3 aliphatic rings. The van der Waals surface area contributed by atoms with E-state index < -0.39 is 0 Å². The van der Waals surface area contributed by atoms with Crippen molar-refractivity contribution in [2.24, 2.45) is 28.2 Å². The van der Waals surface area contributed by atoms with Crippen LogP contribution in [-0.2, 0) is 0 Å². The van der Waals surface area contributed by atoms with Crippen LogP contribution >= 0.6 is 11.8 Å². The first-order chi connectivity index (χ1) is 20.3. The predicted octanol–water partition coefficient (Wildman–Crippen LogP) is 12.6. The summed E-state index contributed by atoms with van der Waals surface area (Å²) in [5, 5.41) is 0.231. The zero-order chi connectivity index (χ0) is 31.8. The van der Waals surface area contributed by atoms with E-state index in [1.807, 2.05) is 0 Å². The molecule has 1 heterocycles. The molecule has 1 spiro atoms. The minimum absolute atomic E-state index is 0.130. The Hall–Kier alpha value is -1.74. The molecule has 0 N–H and O–H groups in total. The minimum atomic E-state index is -0.130. The second-order valence-electron chi connectivity index (χ2n) is 15.5. The molecule has 1 aromatic rings.